The lowest BCUT2D eigenvalue weighted by Crippen LogP contribution is -2.43. The van der Waals surface area contributed by atoms with Gasteiger partial charge in [0.05, 0.1) is 32.0 Å². The van der Waals surface area contributed by atoms with Crippen molar-refractivity contribution in [1.29, 1.82) is 1.43 Å². The molecule has 4 heteroatoms. The summed E-state index contributed by atoms with van der Waals surface area (Å²) >= 11 is 0. The lowest BCUT2D eigenvalue weighted by atomic mass is 10.2. The summed E-state index contributed by atoms with van der Waals surface area (Å²) in [7, 11) is 0.442. The van der Waals surface area contributed by atoms with Crippen molar-refractivity contribution in [2.24, 2.45) is 0 Å². The first-order chi connectivity index (χ1) is 9.39. The number of carboxylic acid groups (broad SMARTS) is 1. The predicted molar refractivity (Wildman–Crippen MR) is 38.5 cm³/mol. The number of rotatable bonds is 5. The van der Waals surface area contributed by atoms with Gasteiger partial charge in [-0.25, -0.2) is 0 Å². The van der Waals surface area contributed by atoms with Crippen LogP contribution in [0.2, 0.25) is 0 Å². The maximum atomic E-state index is 10.8. The quantitative estimate of drug-likeness (QED) is 0.497. The van der Waals surface area contributed by atoms with Crippen LogP contribution in [-0.4, -0.2) is 50.6 Å². The monoisotopic (exact) mass is 172 g/mol. The Kier molecular flexibility index (Phi) is 0.738. The highest BCUT2D eigenvalue weighted by Crippen LogP contribution is 1.97. The molecule has 11 heavy (non-hydrogen) atoms. The van der Waals surface area contributed by atoms with Crippen molar-refractivity contribution in [1.82, 2.24) is 0 Å². The number of nitrogens with zero attached hydrogens (tertiary/aromatic N) is 1. The van der Waals surface area contributed by atoms with Crippen LogP contribution in [0.25, 0.3) is 0 Å². The molecule has 0 rings (SSSR count). The summed E-state index contributed by atoms with van der Waals surface area (Å²) in [5, 5.41) is 14.5. The maximum absolute atomic E-state index is 10.8. The number of carboxylic acids is 1. The van der Waals surface area contributed by atoms with Crippen molar-refractivity contribution >= 4 is 5.97 Å². The zero-order valence-electron chi connectivity index (χ0n) is 16.7. The van der Waals surface area contributed by atoms with Gasteiger partial charge in [-0.1, -0.05) is 0 Å². The molecule has 0 aliphatic carbocycles. The van der Waals surface area contributed by atoms with Crippen LogP contribution in [0.1, 0.15) is 20.1 Å². The van der Waals surface area contributed by atoms with E-state index in [1.54, 1.807) is 0 Å². The smallest absolute Gasteiger partial charge is 0.211 e. The van der Waals surface area contributed by atoms with E-state index >= 15 is 0 Å². The number of aliphatic hydroxyl groups is 1. The van der Waals surface area contributed by atoms with Gasteiger partial charge in [0, 0.05) is 15.1 Å². The molecule has 0 fully saturated rings. The number of hydrogen-bond acceptors (Lipinski definition) is 3. The van der Waals surface area contributed by atoms with Crippen LogP contribution >= 0.6 is 0 Å². The summed E-state index contributed by atoms with van der Waals surface area (Å²) in [4.78, 5) is 10.8. The molecule has 0 spiro atoms. The summed E-state index contributed by atoms with van der Waals surface area (Å²) in [6, 6.07) is 0. The largest absolute Gasteiger partial charge is 0.550 e. The Morgan fingerprint density at radius 2 is 2.64 bits per heavy atom. The Morgan fingerprint density at radius 3 is 3.00 bits per heavy atom. The summed E-state index contributed by atoms with van der Waals surface area (Å²) in [5.74, 6) is -2.48. The summed E-state index contributed by atoms with van der Waals surface area (Å²) in [6.45, 7) is -10.7. The molecule has 0 saturated heterocycles. The molecule has 0 saturated carbocycles. The van der Waals surface area contributed by atoms with E-state index in [1.165, 1.54) is 0 Å². The van der Waals surface area contributed by atoms with Gasteiger partial charge in [0.1, 0.15) is 12.6 Å². The highest BCUT2D eigenvalue weighted by atomic mass is 16.4. The molecule has 0 unspecified atom stereocenters. The molecule has 0 amide bonds. The Labute approximate surface area is 82.2 Å². The average molecular weight is 172 g/mol. The van der Waals surface area contributed by atoms with Crippen LogP contribution < -0.4 is 5.11 Å². The fraction of sp³-hybridized carbons (Fsp3) is 0.857. The molecule has 0 bridgehead atoms. The third-order valence-electron chi connectivity index (χ3n) is 0.624. The van der Waals surface area contributed by atoms with Crippen LogP contribution in [-0.2, 0) is 4.79 Å². The second kappa shape index (κ2) is 3.69. The summed E-state index contributed by atoms with van der Waals surface area (Å²) in [5.41, 5.74) is 0. The molecule has 4 nitrogen and oxygen atoms in total. The van der Waals surface area contributed by atoms with Gasteiger partial charge in [-0.15, -0.1) is 0 Å². The molecule has 1 N–H and O–H groups in total. The Balaban J connectivity index is 6.41. The molecule has 0 aliphatic rings. The number of hydrogen-bond donors (Lipinski definition) is 1. The third-order valence-corrected chi connectivity index (χ3v) is 0.624. The Bertz CT molecular complexity index is 414. The summed E-state index contributed by atoms with van der Waals surface area (Å²) < 4.78 is 77.9. The van der Waals surface area contributed by atoms with E-state index in [0.29, 0.717) is 7.05 Å². The molecule has 0 heterocycles. The van der Waals surface area contributed by atoms with Crippen molar-refractivity contribution in [3.63, 3.8) is 0 Å². The van der Waals surface area contributed by atoms with Crippen molar-refractivity contribution in [2.75, 3.05) is 27.5 Å². The second-order valence-corrected chi connectivity index (χ2v) is 1.95. The minimum Gasteiger partial charge on any atom is -0.550 e. The standard InChI is InChI=1S/C7H15NO3/c1-8(2,3)5-6(9)4-7(10)11/h6,9H,4-5H2,1-3H3/t6-/m1/s1/i1D3,2D3,4D2,5D2,9D. The Hall–Kier alpha value is -0.610. The van der Waals surface area contributed by atoms with Crippen molar-refractivity contribution in [3.8, 4) is 0 Å². The zero-order valence-corrected chi connectivity index (χ0v) is 5.75. The minimum absolute atomic E-state index is 0.442. The van der Waals surface area contributed by atoms with E-state index in [-0.39, 0.29) is 0 Å². The first kappa shape index (κ1) is 2.20. The van der Waals surface area contributed by atoms with Crippen molar-refractivity contribution in [2.45, 2.75) is 12.5 Å². The molecule has 66 valence electrons. The van der Waals surface area contributed by atoms with Gasteiger partial charge in [0.15, 0.2) is 0 Å². The first-order valence-electron chi connectivity index (χ1n) is 8.00. The number of likely N-dealkylation sites (N-methyl/N-ethyl adjacent to an activating group) is 1. The second-order valence-electron chi connectivity index (χ2n) is 1.95. The van der Waals surface area contributed by atoms with Gasteiger partial charge in [-0.05, 0) is 0 Å². The SMILES string of the molecule is [2H]O[C@H](C([2H])([2H])C(=O)[O-])C([2H])([2H])[N+](C)(C([2H])([2H])[2H])C([2H])([2H])[2H]. The molecular weight excluding hydrogens is 146 g/mol. The van der Waals surface area contributed by atoms with Crippen LogP contribution in [0, 0.1) is 0 Å². The molecule has 0 aromatic heterocycles. The van der Waals surface area contributed by atoms with E-state index in [2.05, 4.69) is 5.11 Å². The van der Waals surface area contributed by atoms with Gasteiger partial charge in [0.2, 0.25) is 1.43 Å². The van der Waals surface area contributed by atoms with Crippen molar-refractivity contribution < 1.29 is 33.2 Å². The third kappa shape index (κ3) is 7.29. The van der Waals surface area contributed by atoms with E-state index in [0.717, 1.165) is 0 Å². The lowest BCUT2D eigenvalue weighted by molar-refractivity contribution is -0.873. The van der Waals surface area contributed by atoms with Gasteiger partial charge >= 0.3 is 0 Å². The highest BCUT2D eigenvalue weighted by molar-refractivity contribution is 5.64. The molecule has 0 aromatic carbocycles. The van der Waals surface area contributed by atoms with Gasteiger partial charge in [-0.3, -0.25) is 0 Å². The topological polar surface area (TPSA) is 60.4 Å². The van der Waals surface area contributed by atoms with Gasteiger partial charge < -0.3 is 19.5 Å². The fourth-order valence-corrected chi connectivity index (χ4v) is 0.374. The summed E-state index contributed by atoms with van der Waals surface area (Å²) in [6.07, 6.45) is -6.53. The lowest BCUT2D eigenvalue weighted by Gasteiger charge is -2.26. The van der Waals surface area contributed by atoms with Crippen molar-refractivity contribution in [3.05, 3.63) is 0 Å². The van der Waals surface area contributed by atoms with E-state index in [9.17, 15) is 9.90 Å². The maximum Gasteiger partial charge on any atom is 0.211 e. The number of carbonyl (C=O) groups excluding carboxylic acids is 1. The average Bonchev–Trinajstić information content (AvgIpc) is 2.24. The minimum atomic E-state index is -3.65. The van der Waals surface area contributed by atoms with Crippen LogP contribution in [0.4, 0.5) is 0 Å². The fourth-order valence-electron chi connectivity index (χ4n) is 0.374. The van der Waals surface area contributed by atoms with Gasteiger partial charge in [-0.2, -0.15) is 0 Å². The number of aliphatic hydroxyl groups excluding tert-OH is 1. The molecule has 1 atom stereocenters. The first-order valence-corrected chi connectivity index (χ1v) is 2.59. The zero-order chi connectivity index (χ0) is 18.4. The normalized spacial score (nSPS) is 34.1. The van der Waals surface area contributed by atoms with Crippen LogP contribution in [0.15, 0.2) is 0 Å². The Morgan fingerprint density at radius 1 is 2.00 bits per heavy atom. The number of aliphatic carboxylic acids is 1. The van der Waals surface area contributed by atoms with Crippen LogP contribution in [0.5, 0.6) is 0 Å². The molecule has 0 radical (unpaired) electrons. The number of carbonyl (C=O) groups is 1. The van der Waals surface area contributed by atoms with Gasteiger partial charge in [0.25, 0.3) is 0 Å². The number of quaternary nitrogens is 1. The predicted octanol–water partition coefficient (Wildman–Crippen LogP) is -1.81. The van der Waals surface area contributed by atoms with E-state index < -0.39 is 43.4 Å². The molecule has 0 aromatic rings. The molecule has 0 aliphatic heterocycles. The highest BCUT2D eigenvalue weighted by Gasteiger charge is 2.14. The molecular formula is C7H15NO3. The van der Waals surface area contributed by atoms with E-state index in [1.807, 2.05) is 0 Å². The van der Waals surface area contributed by atoms with Crippen LogP contribution in [0.3, 0.4) is 0 Å². The van der Waals surface area contributed by atoms with E-state index in [4.69, 9.17) is 15.1 Å².